The van der Waals surface area contributed by atoms with Crippen molar-refractivity contribution in [1.29, 1.82) is 5.26 Å². The first-order valence-corrected chi connectivity index (χ1v) is 9.43. The molecule has 0 atom stereocenters. The first kappa shape index (κ1) is 17.8. The molecule has 7 heteroatoms. The first-order chi connectivity index (χ1) is 13.6. The predicted octanol–water partition coefficient (Wildman–Crippen LogP) is 4.33. The number of aromatic carboxylic acids is 1. The zero-order valence-corrected chi connectivity index (χ0v) is 15.6. The largest absolute Gasteiger partial charge is 0.477 e. The van der Waals surface area contributed by atoms with Gasteiger partial charge in [-0.2, -0.15) is 5.26 Å². The molecule has 0 fully saturated rings. The van der Waals surface area contributed by atoms with Crippen molar-refractivity contribution in [2.45, 2.75) is 13.1 Å². The molecule has 0 aliphatic heterocycles. The fourth-order valence-corrected chi connectivity index (χ4v) is 3.85. The molecule has 0 bridgehead atoms. The van der Waals surface area contributed by atoms with E-state index in [1.807, 2.05) is 48.7 Å². The van der Waals surface area contributed by atoms with Crippen LogP contribution in [0, 0.1) is 11.3 Å². The maximum Gasteiger partial charge on any atom is 0.345 e. The minimum atomic E-state index is -0.901. The van der Waals surface area contributed by atoms with Crippen LogP contribution in [0.3, 0.4) is 0 Å². The molecule has 4 rings (SSSR count). The second-order valence-corrected chi connectivity index (χ2v) is 7.43. The first-order valence-electron chi connectivity index (χ1n) is 8.61. The second-order valence-electron chi connectivity index (χ2n) is 6.34. The van der Waals surface area contributed by atoms with Crippen LogP contribution in [0.2, 0.25) is 0 Å². The van der Waals surface area contributed by atoms with Crippen LogP contribution in [0.1, 0.15) is 26.5 Å². The van der Waals surface area contributed by atoms with Gasteiger partial charge >= 0.3 is 5.97 Å². The molecule has 28 heavy (non-hydrogen) atoms. The lowest BCUT2D eigenvalue weighted by atomic mass is 10.1. The van der Waals surface area contributed by atoms with E-state index in [1.165, 1.54) is 11.3 Å². The molecule has 0 aliphatic carbocycles. The Balaban J connectivity index is 1.46. The lowest BCUT2D eigenvalue weighted by Gasteiger charge is -2.10. The van der Waals surface area contributed by atoms with Gasteiger partial charge in [-0.25, -0.2) is 9.78 Å². The molecule has 0 aliphatic rings. The van der Waals surface area contributed by atoms with E-state index in [2.05, 4.69) is 20.9 Å². The van der Waals surface area contributed by atoms with Gasteiger partial charge in [-0.05, 0) is 47.3 Å². The summed E-state index contributed by atoms with van der Waals surface area (Å²) in [5.41, 5.74) is 3.69. The molecule has 4 aromatic rings. The minimum absolute atomic E-state index is 0.340. The summed E-state index contributed by atoms with van der Waals surface area (Å²) in [5, 5.41) is 22.3. The summed E-state index contributed by atoms with van der Waals surface area (Å²) >= 11 is 1.27. The van der Waals surface area contributed by atoms with Gasteiger partial charge in [0.05, 0.1) is 30.2 Å². The van der Waals surface area contributed by atoms with Crippen LogP contribution in [0.15, 0.2) is 61.1 Å². The number of carboxylic acid groups (broad SMARTS) is 1. The highest BCUT2D eigenvalue weighted by molar-refractivity contribution is 7.20. The summed E-state index contributed by atoms with van der Waals surface area (Å²) in [4.78, 5) is 15.7. The summed E-state index contributed by atoms with van der Waals surface area (Å²) in [6, 6.07) is 17.2. The Morgan fingerprint density at radius 3 is 2.79 bits per heavy atom. The number of benzene rings is 2. The van der Waals surface area contributed by atoms with Crippen LogP contribution in [0.5, 0.6) is 0 Å². The molecule has 0 radical (unpaired) electrons. The Morgan fingerprint density at radius 1 is 1.21 bits per heavy atom. The maximum atomic E-state index is 11.1. The van der Waals surface area contributed by atoms with Crippen molar-refractivity contribution in [3.8, 4) is 6.07 Å². The molecule has 0 saturated heterocycles. The number of hydrogen-bond acceptors (Lipinski definition) is 5. The monoisotopic (exact) mass is 388 g/mol. The third-order valence-electron chi connectivity index (χ3n) is 4.44. The van der Waals surface area contributed by atoms with Crippen LogP contribution in [-0.4, -0.2) is 20.6 Å². The molecule has 0 spiro atoms. The quantitative estimate of drug-likeness (QED) is 0.513. The van der Waals surface area contributed by atoms with Gasteiger partial charge in [0.25, 0.3) is 0 Å². The van der Waals surface area contributed by atoms with Crippen LogP contribution in [0.4, 0.5) is 5.69 Å². The third kappa shape index (κ3) is 3.72. The molecule has 6 nitrogen and oxygen atoms in total. The van der Waals surface area contributed by atoms with E-state index < -0.39 is 5.97 Å². The highest BCUT2D eigenvalue weighted by Gasteiger charge is 2.09. The van der Waals surface area contributed by atoms with Crippen LogP contribution in [-0.2, 0) is 13.1 Å². The smallest absolute Gasteiger partial charge is 0.345 e. The van der Waals surface area contributed by atoms with Crippen molar-refractivity contribution in [2.75, 3.05) is 5.32 Å². The zero-order chi connectivity index (χ0) is 19.5. The number of fused-ring (bicyclic) bond motifs is 1. The minimum Gasteiger partial charge on any atom is -0.477 e. The third-order valence-corrected chi connectivity index (χ3v) is 5.54. The zero-order valence-electron chi connectivity index (χ0n) is 14.8. The van der Waals surface area contributed by atoms with E-state index in [0.717, 1.165) is 27.0 Å². The number of thiophene rings is 1. The topological polar surface area (TPSA) is 90.9 Å². The van der Waals surface area contributed by atoms with Gasteiger partial charge < -0.3 is 15.0 Å². The van der Waals surface area contributed by atoms with E-state index in [-0.39, 0.29) is 0 Å². The fraction of sp³-hybridized carbons (Fsp3) is 0.0952. The number of aromatic nitrogens is 2. The summed E-state index contributed by atoms with van der Waals surface area (Å²) in [7, 11) is 0. The second kappa shape index (κ2) is 7.55. The van der Waals surface area contributed by atoms with Gasteiger partial charge in [-0.3, -0.25) is 0 Å². The van der Waals surface area contributed by atoms with E-state index in [0.29, 0.717) is 23.5 Å². The summed E-state index contributed by atoms with van der Waals surface area (Å²) in [6.07, 6.45) is 3.61. The lowest BCUT2D eigenvalue weighted by molar-refractivity contribution is 0.0702. The van der Waals surface area contributed by atoms with Crippen LogP contribution < -0.4 is 5.32 Å². The summed E-state index contributed by atoms with van der Waals surface area (Å²) in [6.45, 7) is 1.27. The number of anilines is 1. The van der Waals surface area contributed by atoms with Gasteiger partial charge in [0.1, 0.15) is 4.88 Å². The molecule has 2 heterocycles. The maximum absolute atomic E-state index is 11.1. The van der Waals surface area contributed by atoms with Gasteiger partial charge in [0, 0.05) is 23.1 Å². The Morgan fingerprint density at radius 2 is 2.04 bits per heavy atom. The Labute approximate surface area is 165 Å². The predicted molar refractivity (Wildman–Crippen MR) is 109 cm³/mol. The molecule has 2 aromatic carbocycles. The summed E-state index contributed by atoms with van der Waals surface area (Å²) in [5.74, 6) is -0.901. The van der Waals surface area contributed by atoms with E-state index in [1.54, 1.807) is 12.4 Å². The average molecular weight is 388 g/mol. The molecule has 0 saturated carbocycles. The number of nitrogens with one attached hydrogen (secondary N) is 1. The standard InChI is InChI=1S/C21H16N4O2S/c22-9-14-1-3-15(4-2-14)12-25-13-23-10-18(25)11-24-17-5-6-19-16(7-17)8-20(28-19)21(26)27/h1-8,10,13,24H,11-12H2,(H,26,27). The number of carbonyl (C=O) groups is 1. The normalized spacial score (nSPS) is 10.7. The van der Waals surface area contributed by atoms with Gasteiger partial charge in [-0.15, -0.1) is 11.3 Å². The number of carboxylic acids is 1. The number of nitrogens with zero attached hydrogens (tertiary/aromatic N) is 3. The fourth-order valence-electron chi connectivity index (χ4n) is 2.97. The van der Waals surface area contributed by atoms with E-state index in [9.17, 15) is 4.79 Å². The molecule has 138 valence electrons. The van der Waals surface area contributed by atoms with Crippen LogP contribution in [0.25, 0.3) is 10.1 Å². The SMILES string of the molecule is N#Cc1ccc(Cn2cncc2CNc2ccc3sc(C(=O)O)cc3c2)cc1. The Bertz CT molecular complexity index is 1190. The van der Waals surface area contributed by atoms with Gasteiger partial charge in [-0.1, -0.05) is 12.1 Å². The highest BCUT2D eigenvalue weighted by atomic mass is 32.1. The lowest BCUT2D eigenvalue weighted by Crippen LogP contribution is -2.08. The number of hydrogen-bond donors (Lipinski definition) is 2. The van der Waals surface area contributed by atoms with Crippen molar-refractivity contribution in [2.24, 2.45) is 0 Å². The molecule has 0 unspecified atom stereocenters. The van der Waals surface area contributed by atoms with Crippen molar-refractivity contribution < 1.29 is 9.90 Å². The number of rotatable bonds is 6. The van der Waals surface area contributed by atoms with Gasteiger partial charge in [0.2, 0.25) is 0 Å². The molecule has 2 aromatic heterocycles. The molecular weight excluding hydrogens is 372 g/mol. The van der Waals surface area contributed by atoms with Crippen molar-refractivity contribution in [3.05, 3.63) is 82.8 Å². The number of imidazole rings is 1. The Kier molecular flexibility index (Phi) is 4.79. The summed E-state index contributed by atoms with van der Waals surface area (Å²) < 4.78 is 3.01. The van der Waals surface area contributed by atoms with Gasteiger partial charge in [0.15, 0.2) is 0 Å². The van der Waals surface area contributed by atoms with E-state index in [4.69, 9.17) is 10.4 Å². The molecular formula is C21H16N4O2S. The average Bonchev–Trinajstić information content (AvgIpc) is 3.33. The molecule has 0 amide bonds. The highest BCUT2D eigenvalue weighted by Crippen LogP contribution is 2.28. The molecule has 2 N–H and O–H groups in total. The van der Waals surface area contributed by atoms with Crippen molar-refractivity contribution in [1.82, 2.24) is 9.55 Å². The van der Waals surface area contributed by atoms with E-state index >= 15 is 0 Å². The van der Waals surface area contributed by atoms with Crippen molar-refractivity contribution >= 4 is 33.1 Å². The Hall–Kier alpha value is -3.63. The van der Waals surface area contributed by atoms with Crippen LogP contribution >= 0.6 is 11.3 Å². The number of nitriles is 1. The van der Waals surface area contributed by atoms with Crippen molar-refractivity contribution in [3.63, 3.8) is 0 Å².